The number of nitrogens with zero attached hydrogens (tertiary/aromatic N) is 2. The lowest BCUT2D eigenvalue weighted by Gasteiger charge is -2.34. The van der Waals surface area contributed by atoms with Crippen LogP contribution in [0.2, 0.25) is 5.02 Å². The van der Waals surface area contributed by atoms with Crippen molar-refractivity contribution in [3.8, 4) is 0 Å². The molecule has 4 rings (SSSR count). The van der Waals surface area contributed by atoms with Crippen molar-refractivity contribution in [1.82, 2.24) is 10.2 Å². The first-order valence-electron chi connectivity index (χ1n) is 14.2. The van der Waals surface area contributed by atoms with Crippen LogP contribution < -0.4 is 9.62 Å². The summed E-state index contributed by atoms with van der Waals surface area (Å²) in [6, 6.07) is 26.3. The van der Waals surface area contributed by atoms with E-state index in [0.717, 1.165) is 9.87 Å². The molecular formula is C34H35ClFN3O4S. The Kier molecular flexibility index (Phi) is 10.8. The maximum Gasteiger partial charge on any atom is 0.264 e. The summed E-state index contributed by atoms with van der Waals surface area (Å²) in [4.78, 5) is 29.5. The standard InChI is InChI=1S/C34H35ClFN3O4S/c1-24(2)37-34(41)32(20-26-10-6-4-7-11-26)38(22-27-15-18-29(36)19-16-27)33(40)23-39(31-21-28(35)17-14-25(31)3)44(42,43)30-12-8-5-9-13-30/h4-19,21,24,32H,20,22-23H2,1-3H3,(H,37,41)/t32-/m1/s1. The molecule has 0 saturated carbocycles. The molecule has 7 nitrogen and oxygen atoms in total. The van der Waals surface area contributed by atoms with Gasteiger partial charge in [0.2, 0.25) is 11.8 Å². The molecule has 0 bridgehead atoms. The molecule has 0 aliphatic rings. The molecule has 0 aliphatic heterocycles. The van der Waals surface area contributed by atoms with Crippen molar-refractivity contribution in [2.24, 2.45) is 0 Å². The van der Waals surface area contributed by atoms with Gasteiger partial charge in [-0.2, -0.15) is 0 Å². The summed E-state index contributed by atoms with van der Waals surface area (Å²) in [6.45, 7) is 4.70. The van der Waals surface area contributed by atoms with Crippen LogP contribution in [0, 0.1) is 12.7 Å². The SMILES string of the molecule is Cc1ccc(Cl)cc1N(CC(=O)N(Cc1ccc(F)cc1)[C@H](Cc1ccccc1)C(=O)NC(C)C)S(=O)(=O)c1ccccc1. The van der Waals surface area contributed by atoms with Crippen LogP contribution in [0.3, 0.4) is 0 Å². The Morgan fingerprint density at radius 3 is 2.09 bits per heavy atom. The fraction of sp³-hybridized carbons (Fsp3) is 0.235. The smallest absolute Gasteiger partial charge is 0.264 e. The Labute approximate surface area is 263 Å². The van der Waals surface area contributed by atoms with Crippen LogP contribution in [0.15, 0.2) is 108 Å². The molecule has 0 unspecified atom stereocenters. The predicted octanol–water partition coefficient (Wildman–Crippen LogP) is 6.15. The topological polar surface area (TPSA) is 86.8 Å². The third-order valence-corrected chi connectivity index (χ3v) is 9.03. The van der Waals surface area contributed by atoms with Gasteiger partial charge in [0, 0.05) is 24.0 Å². The van der Waals surface area contributed by atoms with Gasteiger partial charge >= 0.3 is 0 Å². The van der Waals surface area contributed by atoms with E-state index in [2.05, 4.69) is 5.32 Å². The van der Waals surface area contributed by atoms with E-state index in [1.54, 1.807) is 37.3 Å². The van der Waals surface area contributed by atoms with Crippen molar-refractivity contribution >= 4 is 39.1 Å². The molecule has 4 aromatic carbocycles. The summed E-state index contributed by atoms with van der Waals surface area (Å²) in [5, 5.41) is 3.21. The maximum absolute atomic E-state index is 14.4. The van der Waals surface area contributed by atoms with Gasteiger partial charge in [0.15, 0.2) is 0 Å². The van der Waals surface area contributed by atoms with E-state index >= 15 is 0 Å². The Morgan fingerprint density at radius 1 is 0.864 bits per heavy atom. The number of hydrogen-bond donors (Lipinski definition) is 1. The molecule has 44 heavy (non-hydrogen) atoms. The van der Waals surface area contributed by atoms with E-state index < -0.39 is 40.2 Å². The van der Waals surface area contributed by atoms with Gasteiger partial charge in [0.1, 0.15) is 18.4 Å². The van der Waals surface area contributed by atoms with Crippen molar-refractivity contribution in [3.63, 3.8) is 0 Å². The van der Waals surface area contributed by atoms with Crippen molar-refractivity contribution in [1.29, 1.82) is 0 Å². The average molecular weight is 636 g/mol. The lowest BCUT2D eigenvalue weighted by molar-refractivity contribution is -0.140. The number of anilines is 1. The fourth-order valence-corrected chi connectivity index (χ4v) is 6.46. The lowest BCUT2D eigenvalue weighted by Crippen LogP contribution is -2.54. The third-order valence-electron chi connectivity index (χ3n) is 7.02. The Hall–Kier alpha value is -4.21. The zero-order chi connectivity index (χ0) is 31.9. The first-order chi connectivity index (χ1) is 21.0. The fourth-order valence-electron chi connectivity index (χ4n) is 4.81. The van der Waals surface area contributed by atoms with Gasteiger partial charge in [0.05, 0.1) is 10.6 Å². The minimum absolute atomic E-state index is 0.00403. The second-order valence-electron chi connectivity index (χ2n) is 10.8. The largest absolute Gasteiger partial charge is 0.352 e. The summed E-state index contributed by atoms with van der Waals surface area (Å²) in [5.74, 6) is -1.45. The van der Waals surface area contributed by atoms with Gasteiger partial charge in [-0.25, -0.2) is 12.8 Å². The molecule has 1 N–H and O–H groups in total. The van der Waals surface area contributed by atoms with Gasteiger partial charge < -0.3 is 10.2 Å². The van der Waals surface area contributed by atoms with Crippen LogP contribution in [-0.4, -0.2) is 43.8 Å². The van der Waals surface area contributed by atoms with E-state index in [1.165, 1.54) is 47.4 Å². The highest BCUT2D eigenvalue weighted by Gasteiger charge is 2.35. The number of carbonyl (C=O) groups is 2. The summed E-state index contributed by atoms with van der Waals surface area (Å²) in [6.07, 6.45) is 0.175. The third kappa shape index (κ3) is 8.24. The molecule has 0 spiro atoms. The number of carbonyl (C=O) groups excluding carboxylic acids is 2. The van der Waals surface area contributed by atoms with E-state index in [9.17, 15) is 22.4 Å². The van der Waals surface area contributed by atoms with Gasteiger partial charge in [-0.15, -0.1) is 0 Å². The van der Waals surface area contributed by atoms with Crippen LogP contribution in [0.5, 0.6) is 0 Å². The zero-order valence-electron chi connectivity index (χ0n) is 24.8. The van der Waals surface area contributed by atoms with Gasteiger partial charge in [0.25, 0.3) is 10.0 Å². The van der Waals surface area contributed by atoms with Gasteiger partial charge in [-0.3, -0.25) is 13.9 Å². The molecule has 4 aromatic rings. The average Bonchev–Trinajstić information content (AvgIpc) is 3.00. The monoisotopic (exact) mass is 635 g/mol. The van der Waals surface area contributed by atoms with Crippen LogP contribution in [0.25, 0.3) is 0 Å². The number of sulfonamides is 1. The summed E-state index contributed by atoms with van der Waals surface area (Å²) >= 11 is 6.31. The van der Waals surface area contributed by atoms with Crippen LogP contribution in [0.1, 0.15) is 30.5 Å². The number of hydrogen-bond acceptors (Lipinski definition) is 4. The first-order valence-corrected chi connectivity index (χ1v) is 16.0. The minimum Gasteiger partial charge on any atom is -0.352 e. The maximum atomic E-state index is 14.4. The second-order valence-corrected chi connectivity index (χ2v) is 13.1. The molecule has 230 valence electrons. The van der Waals surface area contributed by atoms with Gasteiger partial charge in [-0.05, 0) is 73.9 Å². The lowest BCUT2D eigenvalue weighted by atomic mass is 10.0. The number of rotatable bonds is 12. The molecule has 10 heteroatoms. The van der Waals surface area contributed by atoms with Crippen LogP contribution >= 0.6 is 11.6 Å². The number of nitrogens with one attached hydrogen (secondary N) is 1. The molecule has 0 saturated heterocycles. The Balaban J connectivity index is 1.82. The zero-order valence-corrected chi connectivity index (χ0v) is 26.4. The summed E-state index contributed by atoms with van der Waals surface area (Å²) in [5.41, 5.74) is 2.21. The van der Waals surface area contributed by atoms with E-state index in [1.807, 2.05) is 44.2 Å². The van der Waals surface area contributed by atoms with E-state index in [0.29, 0.717) is 16.1 Å². The Morgan fingerprint density at radius 2 is 1.48 bits per heavy atom. The van der Waals surface area contributed by atoms with Crippen LogP contribution in [-0.2, 0) is 32.6 Å². The molecule has 2 amide bonds. The van der Waals surface area contributed by atoms with E-state index in [-0.39, 0.29) is 29.6 Å². The number of benzene rings is 4. The highest BCUT2D eigenvalue weighted by atomic mass is 35.5. The quantitative estimate of drug-likeness (QED) is 0.202. The second kappa shape index (κ2) is 14.5. The van der Waals surface area contributed by atoms with Gasteiger partial charge in [-0.1, -0.05) is 78.3 Å². The Bertz CT molecular complexity index is 1690. The predicted molar refractivity (Wildman–Crippen MR) is 171 cm³/mol. The summed E-state index contributed by atoms with van der Waals surface area (Å²) < 4.78 is 43.0. The molecule has 0 radical (unpaired) electrons. The van der Waals surface area contributed by atoms with Crippen molar-refractivity contribution in [3.05, 3.63) is 131 Å². The number of halogens is 2. The molecule has 0 fully saturated rings. The number of amides is 2. The van der Waals surface area contributed by atoms with Crippen LogP contribution in [0.4, 0.5) is 10.1 Å². The van der Waals surface area contributed by atoms with Crippen molar-refractivity contribution in [2.75, 3.05) is 10.8 Å². The molecular weight excluding hydrogens is 601 g/mol. The molecule has 0 aromatic heterocycles. The minimum atomic E-state index is -4.25. The summed E-state index contributed by atoms with van der Waals surface area (Å²) in [7, 11) is -4.25. The van der Waals surface area contributed by atoms with E-state index in [4.69, 9.17) is 11.6 Å². The van der Waals surface area contributed by atoms with Crippen molar-refractivity contribution in [2.45, 2.75) is 50.7 Å². The first kappa shape index (κ1) is 32.7. The number of aryl methyl sites for hydroxylation is 1. The molecule has 0 heterocycles. The highest BCUT2D eigenvalue weighted by Crippen LogP contribution is 2.30. The normalized spacial score (nSPS) is 12.0. The molecule has 1 atom stereocenters. The highest BCUT2D eigenvalue weighted by molar-refractivity contribution is 7.92. The molecule has 0 aliphatic carbocycles. The van der Waals surface area contributed by atoms with Crippen molar-refractivity contribution < 1.29 is 22.4 Å².